The molecule has 5 aromatic rings. The molecule has 1 aliphatic rings. The number of amides is 2. The first-order valence-corrected chi connectivity index (χ1v) is 16.1. The van der Waals surface area contributed by atoms with E-state index in [9.17, 15) is 14.4 Å². The van der Waals surface area contributed by atoms with Gasteiger partial charge in [-0.1, -0.05) is 36.4 Å². The van der Waals surface area contributed by atoms with Gasteiger partial charge in [0, 0.05) is 23.2 Å². The molecule has 1 fully saturated rings. The van der Waals surface area contributed by atoms with Crippen LogP contribution >= 0.6 is 0 Å². The minimum atomic E-state index is -0.721. The van der Waals surface area contributed by atoms with Crippen molar-refractivity contribution >= 4 is 45.9 Å². The molecule has 48 heavy (non-hydrogen) atoms. The number of fused-ring (bicyclic) bond motifs is 2. The van der Waals surface area contributed by atoms with Gasteiger partial charge >= 0.3 is 18.3 Å². The molecule has 0 saturated carbocycles. The third kappa shape index (κ3) is 7.30. The van der Waals surface area contributed by atoms with Crippen LogP contribution in [0.1, 0.15) is 71.8 Å². The number of nitrogens with zero attached hydrogens (tertiary/aromatic N) is 3. The molecule has 0 unspecified atom stereocenters. The van der Waals surface area contributed by atoms with E-state index >= 15 is 0 Å². The summed E-state index contributed by atoms with van der Waals surface area (Å²) in [5.41, 5.74) is 3.58. The number of hydrogen-bond donors (Lipinski definition) is 2. The molecule has 0 radical (unpaired) electrons. The minimum Gasteiger partial charge on any atom is -0.445 e. The van der Waals surface area contributed by atoms with Crippen molar-refractivity contribution in [1.29, 1.82) is 0 Å². The van der Waals surface area contributed by atoms with Gasteiger partial charge in [0.15, 0.2) is 0 Å². The number of likely N-dealkylation sites (tertiary alicyclic amines) is 1. The highest BCUT2D eigenvalue weighted by Crippen LogP contribution is 2.35. The molecule has 2 N–H and O–H groups in total. The van der Waals surface area contributed by atoms with Gasteiger partial charge in [-0.05, 0) is 96.3 Å². The highest BCUT2D eigenvalue weighted by atomic mass is 16.6. The van der Waals surface area contributed by atoms with Crippen molar-refractivity contribution in [3.8, 4) is 11.3 Å². The largest absolute Gasteiger partial charge is 0.445 e. The summed E-state index contributed by atoms with van der Waals surface area (Å²) in [5, 5.41) is 3.50. The second-order valence-electron chi connectivity index (χ2n) is 14.0. The average Bonchev–Trinajstić information content (AvgIpc) is 3.74. The fraction of sp³-hybridized carbons (Fsp3) is 0.351. The number of imidazole rings is 1. The van der Waals surface area contributed by atoms with Gasteiger partial charge in [-0.3, -0.25) is 10.2 Å². The molecule has 250 valence electrons. The Balaban J connectivity index is 1.30. The Kier molecular flexibility index (Phi) is 8.63. The lowest BCUT2D eigenvalue weighted by atomic mass is 10.1. The van der Waals surface area contributed by atoms with Crippen LogP contribution in [0.15, 0.2) is 72.8 Å². The van der Waals surface area contributed by atoms with Crippen molar-refractivity contribution in [2.75, 3.05) is 11.9 Å². The first-order valence-electron chi connectivity index (χ1n) is 16.1. The Bertz CT molecular complexity index is 1980. The number of benzene rings is 3. The molecule has 6 rings (SSSR count). The lowest BCUT2D eigenvalue weighted by molar-refractivity contribution is 0.0545. The van der Waals surface area contributed by atoms with Crippen molar-refractivity contribution in [2.24, 2.45) is 0 Å². The van der Waals surface area contributed by atoms with Crippen LogP contribution in [0.3, 0.4) is 0 Å². The van der Waals surface area contributed by atoms with E-state index in [1.807, 2.05) is 75.4 Å². The van der Waals surface area contributed by atoms with Crippen LogP contribution in [-0.2, 0) is 20.8 Å². The highest BCUT2D eigenvalue weighted by molar-refractivity contribution is 5.99. The van der Waals surface area contributed by atoms with Crippen molar-refractivity contribution < 1.29 is 28.6 Å². The number of nitrogens with one attached hydrogen (secondary N) is 2. The first-order chi connectivity index (χ1) is 22.7. The van der Waals surface area contributed by atoms with Gasteiger partial charge in [-0.15, -0.1) is 0 Å². The highest BCUT2D eigenvalue weighted by Gasteiger charge is 2.33. The second-order valence-corrected chi connectivity index (χ2v) is 14.0. The van der Waals surface area contributed by atoms with Crippen LogP contribution in [0.5, 0.6) is 0 Å². The van der Waals surface area contributed by atoms with Crippen molar-refractivity contribution in [3.05, 3.63) is 84.2 Å². The predicted molar refractivity (Wildman–Crippen MR) is 184 cm³/mol. The lowest BCUT2D eigenvalue weighted by Crippen LogP contribution is -2.31. The topological polar surface area (TPSA) is 128 Å². The van der Waals surface area contributed by atoms with Crippen LogP contribution in [0.2, 0.25) is 0 Å². The van der Waals surface area contributed by atoms with E-state index in [4.69, 9.17) is 19.2 Å². The summed E-state index contributed by atoms with van der Waals surface area (Å²) in [4.78, 5) is 49.1. The number of carbonyl (C=O) groups is 3. The fourth-order valence-electron chi connectivity index (χ4n) is 5.85. The van der Waals surface area contributed by atoms with E-state index < -0.39 is 23.4 Å². The van der Waals surface area contributed by atoms with E-state index in [0.29, 0.717) is 29.3 Å². The molecule has 3 aromatic carbocycles. The Morgan fingerprint density at radius 1 is 0.896 bits per heavy atom. The molecular formula is C37H41N5O6. The zero-order valence-corrected chi connectivity index (χ0v) is 28.1. The van der Waals surface area contributed by atoms with Crippen LogP contribution < -0.4 is 5.32 Å². The van der Waals surface area contributed by atoms with Gasteiger partial charge in [0.25, 0.3) is 0 Å². The SMILES string of the molecule is CC(C)(C)OC(=O)Nc1ccc2c(c1)cc(-c1ccc3nc([C@@H]4CCCN4C(=O)OCc4ccccc4)[nH]c3c1)n2C(=O)OC(C)(C)C. The number of carbonyl (C=O) groups excluding carboxylic acids is 3. The Hall–Kier alpha value is -5.32. The number of hydrogen-bond acceptors (Lipinski definition) is 7. The average molecular weight is 652 g/mol. The number of aromatic amines is 1. The molecule has 0 aliphatic carbocycles. The fourth-order valence-corrected chi connectivity index (χ4v) is 5.85. The van der Waals surface area contributed by atoms with Gasteiger partial charge < -0.3 is 19.2 Å². The Labute approximate surface area is 279 Å². The van der Waals surface area contributed by atoms with Crippen LogP contribution in [-0.4, -0.2) is 55.5 Å². The van der Waals surface area contributed by atoms with Crippen molar-refractivity contribution in [2.45, 2.75) is 78.2 Å². The van der Waals surface area contributed by atoms with Crippen LogP contribution in [0.4, 0.5) is 20.1 Å². The number of anilines is 1. The molecule has 2 aromatic heterocycles. The molecule has 11 heteroatoms. The van der Waals surface area contributed by atoms with E-state index in [2.05, 4.69) is 10.3 Å². The zero-order valence-electron chi connectivity index (χ0n) is 28.1. The van der Waals surface area contributed by atoms with Gasteiger partial charge in [0.05, 0.1) is 28.3 Å². The van der Waals surface area contributed by atoms with E-state index in [0.717, 1.165) is 40.4 Å². The van der Waals surface area contributed by atoms with E-state index in [1.54, 1.807) is 43.9 Å². The molecular weight excluding hydrogens is 610 g/mol. The summed E-state index contributed by atoms with van der Waals surface area (Å²) in [6.07, 6.45) is 0.138. The van der Waals surface area contributed by atoms with Gasteiger partial charge in [-0.2, -0.15) is 0 Å². The second kappa shape index (κ2) is 12.7. The maximum atomic E-state index is 13.6. The molecule has 0 spiro atoms. The molecule has 3 heterocycles. The van der Waals surface area contributed by atoms with Crippen molar-refractivity contribution in [1.82, 2.24) is 19.4 Å². The molecule has 1 aliphatic heterocycles. The lowest BCUT2D eigenvalue weighted by Gasteiger charge is -2.22. The van der Waals surface area contributed by atoms with Crippen LogP contribution in [0.25, 0.3) is 33.2 Å². The summed E-state index contributed by atoms with van der Waals surface area (Å²) in [6, 6.07) is 22.3. The maximum absolute atomic E-state index is 13.6. The standard InChI is InChI=1S/C37H41N5O6/c1-36(2,3)47-33(43)38-26-15-17-29-25(19-26)21-31(42(29)35(45)48-37(4,5)6)24-14-16-27-28(20-24)40-32(39-27)30-13-10-18-41(30)34(44)46-22-23-11-8-7-9-12-23/h7-9,11-12,14-17,19-21,30H,10,13,18,22H2,1-6H3,(H,38,43)(H,39,40)/t30-/m0/s1. The Morgan fingerprint density at radius 2 is 1.65 bits per heavy atom. The number of ether oxygens (including phenoxy) is 3. The zero-order chi connectivity index (χ0) is 34.2. The first kappa shape index (κ1) is 32.6. The smallest absolute Gasteiger partial charge is 0.419 e. The van der Waals surface area contributed by atoms with E-state index in [1.165, 1.54) is 4.57 Å². The molecule has 2 amide bonds. The number of H-pyrrole nitrogens is 1. The summed E-state index contributed by atoms with van der Waals surface area (Å²) < 4.78 is 18.4. The van der Waals surface area contributed by atoms with Gasteiger partial charge in [0.2, 0.25) is 0 Å². The summed E-state index contributed by atoms with van der Waals surface area (Å²) in [5.74, 6) is 0.682. The Morgan fingerprint density at radius 3 is 2.38 bits per heavy atom. The monoisotopic (exact) mass is 651 g/mol. The van der Waals surface area contributed by atoms with E-state index in [-0.39, 0.29) is 18.7 Å². The minimum absolute atomic E-state index is 0.205. The number of aromatic nitrogens is 3. The molecule has 1 atom stereocenters. The molecule has 0 bridgehead atoms. The normalized spacial score (nSPS) is 15.1. The molecule has 11 nitrogen and oxygen atoms in total. The third-order valence-corrected chi connectivity index (χ3v) is 7.83. The van der Waals surface area contributed by atoms with Gasteiger partial charge in [-0.25, -0.2) is 23.9 Å². The molecule has 1 saturated heterocycles. The van der Waals surface area contributed by atoms with Crippen molar-refractivity contribution in [3.63, 3.8) is 0 Å². The third-order valence-electron chi connectivity index (χ3n) is 7.83. The summed E-state index contributed by atoms with van der Waals surface area (Å²) in [6.45, 7) is 11.6. The summed E-state index contributed by atoms with van der Waals surface area (Å²) in [7, 11) is 0. The predicted octanol–water partition coefficient (Wildman–Crippen LogP) is 8.79. The van der Waals surface area contributed by atoms with Crippen LogP contribution in [0, 0.1) is 0 Å². The number of rotatable bonds is 5. The maximum Gasteiger partial charge on any atom is 0.419 e. The van der Waals surface area contributed by atoms with Gasteiger partial charge in [0.1, 0.15) is 23.6 Å². The summed E-state index contributed by atoms with van der Waals surface area (Å²) >= 11 is 0. The quantitative estimate of drug-likeness (QED) is 0.182.